The Balaban J connectivity index is 2.27. The Bertz CT molecular complexity index is 563. The van der Waals surface area contributed by atoms with Crippen LogP contribution in [-0.4, -0.2) is 17.2 Å². The lowest BCUT2D eigenvalue weighted by atomic mass is 9.79. The summed E-state index contributed by atoms with van der Waals surface area (Å²) < 4.78 is 19.5. The van der Waals surface area contributed by atoms with E-state index in [0.29, 0.717) is 4.47 Å². The first kappa shape index (κ1) is 14.1. The van der Waals surface area contributed by atoms with Crippen LogP contribution in [0.4, 0.5) is 4.39 Å². The van der Waals surface area contributed by atoms with Crippen LogP contribution in [0, 0.1) is 5.82 Å². The standard InChI is InChI=1S/C13H11BBrFO3/c15-10-6-7-11(16)12(14(17)18)13(10)19-8-9-4-2-1-3-5-9/h1-7,17-18H,8H2. The molecule has 0 saturated carbocycles. The van der Waals surface area contributed by atoms with Gasteiger partial charge in [0.2, 0.25) is 0 Å². The maximum absolute atomic E-state index is 13.6. The Morgan fingerprint density at radius 3 is 2.42 bits per heavy atom. The summed E-state index contributed by atoms with van der Waals surface area (Å²) in [6.45, 7) is 0.211. The summed E-state index contributed by atoms with van der Waals surface area (Å²) in [7, 11) is -1.93. The van der Waals surface area contributed by atoms with Crippen molar-refractivity contribution >= 4 is 28.5 Å². The normalized spacial score (nSPS) is 10.3. The molecule has 0 saturated heterocycles. The molecule has 6 heteroatoms. The Hall–Kier alpha value is -1.37. The van der Waals surface area contributed by atoms with Gasteiger partial charge in [-0.05, 0) is 33.6 Å². The van der Waals surface area contributed by atoms with Crippen LogP contribution in [0.3, 0.4) is 0 Å². The maximum atomic E-state index is 13.6. The summed E-state index contributed by atoms with van der Waals surface area (Å²) in [5.41, 5.74) is 0.627. The smallest absolute Gasteiger partial charge is 0.488 e. The van der Waals surface area contributed by atoms with Crippen LogP contribution in [-0.2, 0) is 6.61 Å². The second kappa shape index (κ2) is 6.19. The fourth-order valence-corrected chi connectivity index (χ4v) is 2.13. The third kappa shape index (κ3) is 3.35. The molecule has 98 valence electrons. The number of hydrogen-bond donors (Lipinski definition) is 2. The number of hydrogen-bond acceptors (Lipinski definition) is 3. The maximum Gasteiger partial charge on any atom is 0.495 e. The summed E-state index contributed by atoms with van der Waals surface area (Å²) in [6.07, 6.45) is 0. The van der Waals surface area contributed by atoms with Gasteiger partial charge in [0.25, 0.3) is 0 Å². The van der Waals surface area contributed by atoms with Gasteiger partial charge in [0.05, 0.1) is 9.94 Å². The first-order valence-corrected chi connectivity index (χ1v) is 6.39. The molecule has 0 spiro atoms. The van der Waals surface area contributed by atoms with E-state index in [1.165, 1.54) is 6.07 Å². The minimum atomic E-state index is -1.93. The Morgan fingerprint density at radius 1 is 1.11 bits per heavy atom. The van der Waals surface area contributed by atoms with Gasteiger partial charge in [0, 0.05) is 0 Å². The molecule has 0 atom stereocenters. The number of benzene rings is 2. The number of halogens is 2. The lowest BCUT2D eigenvalue weighted by Gasteiger charge is -2.13. The van der Waals surface area contributed by atoms with Crippen LogP contribution >= 0.6 is 15.9 Å². The van der Waals surface area contributed by atoms with Gasteiger partial charge >= 0.3 is 7.12 Å². The van der Waals surface area contributed by atoms with Crippen molar-refractivity contribution in [1.82, 2.24) is 0 Å². The predicted molar refractivity (Wildman–Crippen MR) is 74.7 cm³/mol. The molecule has 2 aromatic carbocycles. The van der Waals surface area contributed by atoms with Crippen molar-refractivity contribution < 1.29 is 19.2 Å². The van der Waals surface area contributed by atoms with Crippen molar-refractivity contribution in [2.45, 2.75) is 6.61 Å². The number of rotatable bonds is 4. The summed E-state index contributed by atoms with van der Waals surface area (Å²) in [5, 5.41) is 18.4. The van der Waals surface area contributed by atoms with E-state index in [1.807, 2.05) is 30.3 Å². The number of ether oxygens (including phenoxy) is 1. The summed E-state index contributed by atoms with van der Waals surface area (Å²) in [6, 6.07) is 11.9. The minimum Gasteiger partial charge on any atom is -0.488 e. The molecule has 0 unspecified atom stereocenters. The van der Waals surface area contributed by atoms with E-state index >= 15 is 0 Å². The fraction of sp³-hybridized carbons (Fsp3) is 0.0769. The summed E-state index contributed by atoms with van der Waals surface area (Å²) >= 11 is 3.21. The molecule has 0 bridgehead atoms. The van der Waals surface area contributed by atoms with Crippen molar-refractivity contribution in [3.05, 3.63) is 58.3 Å². The molecule has 0 amide bonds. The van der Waals surface area contributed by atoms with Gasteiger partial charge < -0.3 is 14.8 Å². The van der Waals surface area contributed by atoms with Crippen LogP contribution in [0.1, 0.15) is 5.56 Å². The summed E-state index contributed by atoms with van der Waals surface area (Å²) in [4.78, 5) is 0. The molecular formula is C13H11BBrFO3. The third-order valence-electron chi connectivity index (χ3n) is 2.58. The first-order chi connectivity index (χ1) is 9.09. The van der Waals surface area contributed by atoms with E-state index in [2.05, 4.69) is 15.9 Å². The molecular weight excluding hydrogens is 314 g/mol. The molecule has 0 aliphatic rings. The van der Waals surface area contributed by atoms with E-state index in [-0.39, 0.29) is 17.8 Å². The van der Waals surface area contributed by atoms with Gasteiger partial charge in [-0.25, -0.2) is 4.39 Å². The van der Waals surface area contributed by atoms with Gasteiger partial charge in [-0.2, -0.15) is 0 Å². The predicted octanol–water partition coefficient (Wildman–Crippen LogP) is 1.85. The van der Waals surface area contributed by atoms with Crippen LogP contribution in [0.5, 0.6) is 5.75 Å². The lowest BCUT2D eigenvalue weighted by molar-refractivity contribution is 0.303. The largest absolute Gasteiger partial charge is 0.495 e. The molecule has 0 aromatic heterocycles. The van der Waals surface area contributed by atoms with Crippen molar-refractivity contribution in [1.29, 1.82) is 0 Å². The molecule has 0 radical (unpaired) electrons. The SMILES string of the molecule is OB(O)c1c(F)ccc(Br)c1OCc1ccccc1. The fourth-order valence-electron chi connectivity index (χ4n) is 1.67. The molecule has 0 fully saturated rings. The quantitative estimate of drug-likeness (QED) is 0.844. The average Bonchev–Trinajstić information content (AvgIpc) is 2.40. The highest BCUT2D eigenvalue weighted by Gasteiger charge is 2.24. The molecule has 3 nitrogen and oxygen atoms in total. The van der Waals surface area contributed by atoms with E-state index in [1.54, 1.807) is 0 Å². The van der Waals surface area contributed by atoms with Crippen molar-refractivity contribution in [3.63, 3.8) is 0 Å². The van der Waals surface area contributed by atoms with Gasteiger partial charge in [-0.1, -0.05) is 30.3 Å². The van der Waals surface area contributed by atoms with E-state index in [0.717, 1.165) is 11.6 Å². The van der Waals surface area contributed by atoms with Gasteiger partial charge in [0.15, 0.2) is 0 Å². The average molecular weight is 325 g/mol. The van der Waals surface area contributed by atoms with Gasteiger partial charge in [-0.15, -0.1) is 0 Å². The highest BCUT2D eigenvalue weighted by Crippen LogP contribution is 2.25. The molecule has 0 aliphatic carbocycles. The van der Waals surface area contributed by atoms with Crippen LogP contribution in [0.15, 0.2) is 46.9 Å². The van der Waals surface area contributed by atoms with E-state index in [9.17, 15) is 14.4 Å². The zero-order chi connectivity index (χ0) is 13.8. The molecule has 0 heterocycles. The Labute approximate surface area is 118 Å². The van der Waals surface area contributed by atoms with Gasteiger partial charge in [-0.3, -0.25) is 0 Å². The topological polar surface area (TPSA) is 49.7 Å². The van der Waals surface area contributed by atoms with E-state index < -0.39 is 12.9 Å². The lowest BCUT2D eigenvalue weighted by Crippen LogP contribution is -2.34. The van der Waals surface area contributed by atoms with Gasteiger partial charge in [0.1, 0.15) is 18.2 Å². The Morgan fingerprint density at radius 2 is 1.79 bits per heavy atom. The second-order valence-electron chi connectivity index (χ2n) is 3.92. The van der Waals surface area contributed by atoms with Crippen molar-refractivity contribution in [2.75, 3.05) is 0 Å². The van der Waals surface area contributed by atoms with Crippen molar-refractivity contribution in [2.24, 2.45) is 0 Å². The van der Waals surface area contributed by atoms with Crippen LogP contribution in [0.2, 0.25) is 0 Å². The molecule has 2 N–H and O–H groups in total. The Kier molecular flexibility index (Phi) is 4.58. The van der Waals surface area contributed by atoms with Crippen LogP contribution in [0.25, 0.3) is 0 Å². The van der Waals surface area contributed by atoms with Crippen LogP contribution < -0.4 is 10.2 Å². The van der Waals surface area contributed by atoms with Crippen molar-refractivity contribution in [3.8, 4) is 5.75 Å². The highest BCUT2D eigenvalue weighted by molar-refractivity contribution is 9.10. The minimum absolute atomic E-state index is 0.0962. The monoisotopic (exact) mass is 324 g/mol. The molecule has 2 aromatic rings. The second-order valence-corrected chi connectivity index (χ2v) is 4.77. The molecule has 0 aliphatic heterocycles. The zero-order valence-electron chi connectivity index (χ0n) is 9.88. The molecule has 19 heavy (non-hydrogen) atoms. The molecule has 2 rings (SSSR count). The first-order valence-electron chi connectivity index (χ1n) is 5.60. The highest BCUT2D eigenvalue weighted by atomic mass is 79.9. The third-order valence-corrected chi connectivity index (χ3v) is 3.20. The zero-order valence-corrected chi connectivity index (χ0v) is 11.5. The van der Waals surface area contributed by atoms with E-state index in [4.69, 9.17) is 4.74 Å². The summed E-state index contributed by atoms with van der Waals surface area (Å²) in [5.74, 6) is -0.625.